The summed E-state index contributed by atoms with van der Waals surface area (Å²) < 4.78 is 13.1. The fourth-order valence-corrected chi connectivity index (χ4v) is 3.35. The van der Waals surface area contributed by atoms with Crippen molar-refractivity contribution in [2.45, 2.75) is 0 Å². The summed E-state index contributed by atoms with van der Waals surface area (Å²) in [5.74, 6) is 0. The molecule has 0 spiro atoms. The molecular weight excluding hydrogens is 328 g/mol. The van der Waals surface area contributed by atoms with E-state index in [2.05, 4.69) is 40.2 Å². The van der Waals surface area contributed by atoms with Gasteiger partial charge in [-0.15, -0.1) is 0 Å². The van der Waals surface area contributed by atoms with E-state index in [1.807, 2.05) is 30.3 Å². The Kier molecular flexibility index (Phi) is 2.11. The molecule has 100 valence electrons. The van der Waals surface area contributed by atoms with Gasteiger partial charge < -0.3 is 8.83 Å². The minimum absolute atomic E-state index is 0.816. The number of benzene rings is 3. The number of hydrogen-bond donors (Lipinski definition) is 0. The van der Waals surface area contributed by atoms with Crippen molar-refractivity contribution in [3.63, 3.8) is 0 Å². The van der Waals surface area contributed by atoms with Crippen LogP contribution >= 0.6 is 15.9 Å². The number of para-hydroxylation sites is 1. The number of furan rings is 2. The monoisotopic (exact) mass is 336 g/mol. The first-order valence-electron chi connectivity index (χ1n) is 6.73. The third-order valence-corrected chi connectivity index (χ3v) is 4.44. The van der Waals surface area contributed by atoms with Crippen molar-refractivity contribution in [2.24, 2.45) is 0 Å². The van der Waals surface area contributed by atoms with E-state index in [9.17, 15) is 0 Å². The largest absolute Gasteiger partial charge is 0.452 e. The summed E-state index contributed by atoms with van der Waals surface area (Å²) in [6.45, 7) is 0. The van der Waals surface area contributed by atoms with Gasteiger partial charge in [-0.25, -0.2) is 0 Å². The van der Waals surface area contributed by atoms with Crippen molar-refractivity contribution >= 4 is 59.8 Å². The molecule has 0 aliphatic rings. The van der Waals surface area contributed by atoms with Crippen LogP contribution in [-0.4, -0.2) is 0 Å². The number of halogens is 1. The molecule has 0 unspecified atom stereocenters. The lowest BCUT2D eigenvalue weighted by Crippen LogP contribution is -1.69. The van der Waals surface area contributed by atoms with Crippen LogP contribution in [0, 0.1) is 0 Å². The molecule has 0 aliphatic heterocycles. The Morgan fingerprint density at radius 2 is 1.29 bits per heavy atom. The van der Waals surface area contributed by atoms with Gasteiger partial charge in [0.05, 0.1) is 0 Å². The Hall–Kier alpha value is -2.26. The molecule has 0 aliphatic carbocycles. The zero-order valence-corrected chi connectivity index (χ0v) is 12.5. The van der Waals surface area contributed by atoms with Crippen molar-refractivity contribution in [1.29, 1.82) is 0 Å². The summed E-state index contributed by atoms with van der Waals surface area (Å²) in [5, 5.41) is 4.40. The molecule has 0 N–H and O–H groups in total. The fourth-order valence-electron chi connectivity index (χ4n) is 2.99. The van der Waals surface area contributed by atoms with Gasteiger partial charge in [-0.1, -0.05) is 34.1 Å². The van der Waals surface area contributed by atoms with Gasteiger partial charge in [0.25, 0.3) is 0 Å². The zero-order valence-electron chi connectivity index (χ0n) is 10.9. The van der Waals surface area contributed by atoms with Crippen LogP contribution in [0.3, 0.4) is 0 Å². The van der Waals surface area contributed by atoms with Gasteiger partial charge in [0, 0.05) is 26.0 Å². The van der Waals surface area contributed by atoms with Gasteiger partial charge in [-0.2, -0.15) is 0 Å². The average Bonchev–Trinajstić information content (AvgIpc) is 3.05. The normalized spacial score (nSPS) is 12.0. The van der Waals surface area contributed by atoms with Crippen LogP contribution < -0.4 is 0 Å². The average molecular weight is 337 g/mol. The Morgan fingerprint density at radius 1 is 0.619 bits per heavy atom. The molecular formula is C18H9BrO2. The Balaban J connectivity index is 2.06. The van der Waals surface area contributed by atoms with Crippen molar-refractivity contribution in [3.05, 3.63) is 59.1 Å². The van der Waals surface area contributed by atoms with E-state index in [0.717, 1.165) is 48.3 Å². The second-order valence-corrected chi connectivity index (χ2v) is 6.08. The minimum atomic E-state index is 0.816. The molecule has 5 rings (SSSR count). The lowest BCUT2D eigenvalue weighted by molar-refractivity contribution is 0.633. The smallest absolute Gasteiger partial charge is 0.178 e. The Labute approximate surface area is 128 Å². The van der Waals surface area contributed by atoms with Crippen LogP contribution in [0.1, 0.15) is 0 Å². The molecule has 0 atom stereocenters. The predicted octanol–water partition coefficient (Wildman–Crippen LogP) is 6.25. The molecule has 0 bridgehead atoms. The summed E-state index contributed by atoms with van der Waals surface area (Å²) in [6, 6.07) is 18.3. The first-order valence-corrected chi connectivity index (χ1v) is 7.52. The molecule has 5 aromatic rings. The van der Waals surface area contributed by atoms with E-state index in [1.54, 1.807) is 0 Å². The Morgan fingerprint density at radius 3 is 2.10 bits per heavy atom. The summed E-state index contributed by atoms with van der Waals surface area (Å²) in [6.07, 6.45) is 0. The van der Waals surface area contributed by atoms with Crippen LogP contribution in [0.15, 0.2) is 67.9 Å². The molecule has 2 aromatic heterocycles. The quantitative estimate of drug-likeness (QED) is 0.334. The molecule has 0 saturated carbocycles. The third kappa shape index (κ3) is 1.47. The van der Waals surface area contributed by atoms with Gasteiger partial charge in [0.1, 0.15) is 11.2 Å². The van der Waals surface area contributed by atoms with E-state index in [1.165, 1.54) is 0 Å². The van der Waals surface area contributed by atoms with Crippen molar-refractivity contribution < 1.29 is 8.83 Å². The Bertz CT molecular complexity index is 1150. The van der Waals surface area contributed by atoms with E-state index in [4.69, 9.17) is 8.83 Å². The molecule has 0 radical (unpaired) electrons. The van der Waals surface area contributed by atoms with Gasteiger partial charge in [0.15, 0.2) is 11.2 Å². The summed E-state index contributed by atoms with van der Waals surface area (Å²) in [7, 11) is 0. The van der Waals surface area contributed by atoms with E-state index >= 15 is 0 Å². The maximum Gasteiger partial charge on any atom is 0.178 e. The zero-order chi connectivity index (χ0) is 14.0. The van der Waals surface area contributed by atoms with E-state index < -0.39 is 0 Å². The molecule has 0 fully saturated rings. The van der Waals surface area contributed by atoms with Gasteiger partial charge in [-0.05, 0) is 36.4 Å². The molecule has 0 saturated heterocycles. The predicted molar refractivity (Wildman–Crippen MR) is 88.7 cm³/mol. The maximum absolute atomic E-state index is 6.04. The first kappa shape index (κ1) is 11.4. The first-order chi connectivity index (χ1) is 10.3. The molecule has 21 heavy (non-hydrogen) atoms. The summed E-state index contributed by atoms with van der Waals surface area (Å²) in [4.78, 5) is 0. The topological polar surface area (TPSA) is 26.3 Å². The standard InChI is InChI=1S/C18H9BrO2/c19-10-5-8-16-14(9-10)13-7-6-12-11-3-1-2-4-15(11)20-17(12)18(13)21-16/h1-9H. The molecule has 3 aromatic carbocycles. The lowest BCUT2D eigenvalue weighted by atomic mass is 10.1. The van der Waals surface area contributed by atoms with Crippen molar-refractivity contribution in [2.75, 3.05) is 0 Å². The van der Waals surface area contributed by atoms with Gasteiger partial charge >= 0.3 is 0 Å². The fraction of sp³-hybridized carbons (Fsp3) is 0. The third-order valence-electron chi connectivity index (χ3n) is 3.95. The van der Waals surface area contributed by atoms with Crippen molar-refractivity contribution in [1.82, 2.24) is 0 Å². The highest BCUT2D eigenvalue weighted by Gasteiger charge is 2.15. The van der Waals surface area contributed by atoms with Crippen molar-refractivity contribution in [3.8, 4) is 0 Å². The second kappa shape index (κ2) is 3.89. The molecule has 2 heterocycles. The van der Waals surface area contributed by atoms with Gasteiger partial charge in [-0.3, -0.25) is 0 Å². The lowest BCUT2D eigenvalue weighted by Gasteiger charge is -1.91. The van der Waals surface area contributed by atoms with Crippen LogP contribution in [0.4, 0.5) is 0 Å². The van der Waals surface area contributed by atoms with E-state index in [-0.39, 0.29) is 0 Å². The van der Waals surface area contributed by atoms with Crippen LogP contribution in [0.2, 0.25) is 0 Å². The minimum Gasteiger partial charge on any atom is -0.452 e. The number of fused-ring (bicyclic) bond motifs is 7. The SMILES string of the molecule is Brc1ccc2oc3c(ccc4c5ccccc5oc43)c2c1. The second-order valence-electron chi connectivity index (χ2n) is 5.16. The molecule has 3 heteroatoms. The maximum atomic E-state index is 6.04. The number of rotatable bonds is 0. The highest BCUT2D eigenvalue weighted by molar-refractivity contribution is 9.10. The van der Waals surface area contributed by atoms with E-state index in [0.29, 0.717) is 0 Å². The van der Waals surface area contributed by atoms with Crippen LogP contribution in [-0.2, 0) is 0 Å². The van der Waals surface area contributed by atoms with Crippen LogP contribution in [0.25, 0.3) is 43.9 Å². The highest BCUT2D eigenvalue weighted by Crippen LogP contribution is 2.38. The summed E-state index contributed by atoms with van der Waals surface area (Å²) >= 11 is 3.52. The molecule has 0 amide bonds. The highest BCUT2D eigenvalue weighted by atomic mass is 79.9. The van der Waals surface area contributed by atoms with Gasteiger partial charge in [0.2, 0.25) is 0 Å². The molecule has 2 nitrogen and oxygen atoms in total. The van der Waals surface area contributed by atoms with Crippen LogP contribution in [0.5, 0.6) is 0 Å². The number of hydrogen-bond acceptors (Lipinski definition) is 2. The summed E-state index contributed by atoms with van der Waals surface area (Å²) in [5.41, 5.74) is 3.40.